The number of benzene rings is 1. The van der Waals surface area contributed by atoms with Crippen LogP contribution in [0.5, 0.6) is 0 Å². The molecule has 3 heterocycles. The van der Waals surface area contributed by atoms with Crippen molar-refractivity contribution in [2.24, 2.45) is 10.9 Å². The number of halogens is 2. The lowest BCUT2D eigenvalue weighted by Gasteiger charge is -2.37. The number of nitrogens with zero attached hydrogens (tertiary/aromatic N) is 2. The van der Waals surface area contributed by atoms with Crippen LogP contribution in [0.25, 0.3) is 0 Å². The minimum atomic E-state index is -0.508. The highest BCUT2D eigenvalue weighted by atomic mass is 35.5. The summed E-state index contributed by atoms with van der Waals surface area (Å²) in [6.07, 6.45) is 0.0811. The molecule has 0 saturated carbocycles. The van der Waals surface area contributed by atoms with E-state index in [1.807, 2.05) is 0 Å². The van der Waals surface area contributed by atoms with Gasteiger partial charge in [-0.25, -0.2) is 9.38 Å². The number of nitrogens with one attached hydrogen (secondary N) is 1. The van der Waals surface area contributed by atoms with Crippen molar-refractivity contribution in [3.05, 3.63) is 29.6 Å². The van der Waals surface area contributed by atoms with E-state index in [0.717, 1.165) is 6.07 Å². The maximum Gasteiger partial charge on any atom is 0.239 e. The Labute approximate surface area is 124 Å². The van der Waals surface area contributed by atoms with Crippen LogP contribution in [0.4, 0.5) is 10.1 Å². The number of piperidine rings is 1. The van der Waals surface area contributed by atoms with Crippen LogP contribution in [-0.2, 0) is 4.79 Å². The number of carbonyl (C=O) groups is 2. The Balaban J connectivity index is 1.84. The summed E-state index contributed by atoms with van der Waals surface area (Å²) in [5, 5.41) is 2.94. The number of amides is 1. The van der Waals surface area contributed by atoms with Crippen LogP contribution >= 0.6 is 11.6 Å². The molecule has 1 saturated heterocycles. The van der Waals surface area contributed by atoms with Crippen LogP contribution in [0.1, 0.15) is 16.8 Å². The quantitative estimate of drug-likeness (QED) is 0.735. The maximum atomic E-state index is 13.3. The Morgan fingerprint density at radius 1 is 1.38 bits per heavy atom. The molecule has 3 aliphatic rings. The molecule has 1 N–H and O–H groups in total. The molecule has 1 amide bonds. The monoisotopic (exact) mass is 307 g/mol. The zero-order chi connectivity index (χ0) is 14.7. The summed E-state index contributed by atoms with van der Waals surface area (Å²) in [4.78, 5) is 30.7. The first-order chi connectivity index (χ1) is 10.1. The van der Waals surface area contributed by atoms with Crippen LogP contribution in [-0.4, -0.2) is 35.6 Å². The summed E-state index contributed by atoms with van der Waals surface area (Å²) in [5.74, 6) is -1.45. The average molecular weight is 308 g/mol. The highest BCUT2D eigenvalue weighted by Crippen LogP contribution is 2.37. The largest absolute Gasteiger partial charge is 0.294 e. The third kappa shape index (κ3) is 1.76. The number of fused-ring (bicyclic) bond motifs is 4. The number of amidine groups is 1. The molecule has 0 bridgehead atoms. The van der Waals surface area contributed by atoms with Gasteiger partial charge in [0.1, 0.15) is 12.0 Å². The molecular formula is C14H11ClFN3O2. The van der Waals surface area contributed by atoms with Gasteiger partial charge in [-0.05, 0) is 24.6 Å². The first-order valence-corrected chi connectivity index (χ1v) is 7.13. The van der Waals surface area contributed by atoms with Gasteiger partial charge in [0.25, 0.3) is 0 Å². The van der Waals surface area contributed by atoms with Crippen molar-refractivity contribution in [2.75, 3.05) is 11.4 Å². The lowest BCUT2D eigenvalue weighted by atomic mass is 9.93. The standard InChI is InChI=1S/C14H11ClFN3O2/c15-6-3-9-12(17-5-6)18-13-11(20)8-4-7(16)1-2-10(8)19(13)14(9)21/h1-2,4,6,9,12,17H,3,5H2. The van der Waals surface area contributed by atoms with E-state index in [1.165, 1.54) is 17.0 Å². The molecule has 1 aromatic carbocycles. The number of Topliss-reactive ketones (excluding diaryl/α,β-unsaturated/α-hetero) is 1. The maximum absolute atomic E-state index is 13.3. The summed E-state index contributed by atoms with van der Waals surface area (Å²) in [5.41, 5.74) is 0.587. The normalized spacial score (nSPS) is 30.7. The summed E-state index contributed by atoms with van der Waals surface area (Å²) >= 11 is 6.10. The van der Waals surface area contributed by atoms with Gasteiger partial charge in [0.15, 0.2) is 5.84 Å². The minimum Gasteiger partial charge on any atom is -0.294 e. The van der Waals surface area contributed by atoms with Gasteiger partial charge < -0.3 is 0 Å². The SMILES string of the molecule is O=C1C2=NC3NCC(Cl)CC3C(=O)N2c2ccc(F)cc21. The highest BCUT2D eigenvalue weighted by molar-refractivity contribution is 6.58. The summed E-state index contributed by atoms with van der Waals surface area (Å²) in [7, 11) is 0. The Bertz CT molecular complexity index is 705. The van der Waals surface area contributed by atoms with E-state index >= 15 is 0 Å². The van der Waals surface area contributed by atoms with Crippen molar-refractivity contribution in [3.63, 3.8) is 0 Å². The fourth-order valence-electron chi connectivity index (χ4n) is 3.11. The lowest BCUT2D eigenvalue weighted by Crippen LogP contribution is -2.57. The first-order valence-electron chi connectivity index (χ1n) is 6.70. The zero-order valence-electron chi connectivity index (χ0n) is 10.8. The van der Waals surface area contributed by atoms with Crippen molar-refractivity contribution in [1.82, 2.24) is 5.32 Å². The van der Waals surface area contributed by atoms with E-state index in [9.17, 15) is 14.0 Å². The predicted octanol–water partition coefficient (Wildman–Crippen LogP) is 1.31. The number of ketones is 1. The molecule has 3 aliphatic heterocycles. The van der Waals surface area contributed by atoms with Crippen LogP contribution in [0.15, 0.2) is 23.2 Å². The minimum absolute atomic E-state index is 0.0716. The van der Waals surface area contributed by atoms with E-state index in [-0.39, 0.29) is 22.7 Å². The fraction of sp³-hybridized carbons (Fsp3) is 0.357. The number of anilines is 1. The Hall–Kier alpha value is -1.79. The molecule has 108 valence electrons. The summed E-state index contributed by atoms with van der Waals surface area (Å²) < 4.78 is 13.3. The van der Waals surface area contributed by atoms with Crippen LogP contribution in [0.2, 0.25) is 0 Å². The van der Waals surface area contributed by atoms with Gasteiger partial charge in [0.05, 0.1) is 17.2 Å². The Morgan fingerprint density at radius 3 is 3.00 bits per heavy atom. The molecular weight excluding hydrogens is 297 g/mol. The van der Waals surface area contributed by atoms with Gasteiger partial charge in [0, 0.05) is 11.9 Å². The smallest absolute Gasteiger partial charge is 0.239 e. The second-order valence-corrected chi connectivity index (χ2v) is 6.03. The van der Waals surface area contributed by atoms with Crippen molar-refractivity contribution in [2.45, 2.75) is 18.0 Å². The van der Waals surface area contributed by atoms with Gasteiger partial charge in [-0.3, -0.25) is 19.8 Å². The molecule has 5 nitrogen and oxygen atoms in total. The number of hydrogen-bond donors (Lipinski definition) is 1. The van der Waals surface area contributed by atoms with E-state index in [1.54, 1.807) is 0 Å². The third-order valence-corrected chi connectivity index (χ3v) is 4.43. The van der Waals surface area contributed by atoms with E-state index in [2.05, 4.69) is 10.3 Å². The van der Waals surface area contributed by atoms with E-state index < -0.39 is 23.7 Å². The van der Waals surface area contributed by atoms with Crippen LogP contribution in [0.3, 0.4) is 0 Å². The number of carbonyl (C=O) groups excluding carboxylic acids is 2. The van der Waals surface area contributed by atoms with Crippen LogP contribution < -0.4 is 10.2 Å². The molecule has 21 heavy (non-hydrogen) atoms. The first kappa shape index (κ1) is 12.9. The van der Waals surface area contributed by atoms with Gasteiger partial charge in [-0.1, -0.05) is 0 Å². The van der Waals surface area contributed by atoms with E-state index in [4.69, 9.17) is 11.6 Å². The van der Waals surface area contributed by atoms with Crippen molar-refractivity contribution in [1.29, 1.82) is 0 Å². The molecule has 0 radical (unpaired) electrons. The van der Waals surface area contributed by atoms with Gasteiger partial charge >= 0.3 is 0 Å². The van der Waals surface area contributed by atoms with Crippen molar-refractivity contribution >= 4 is 34.8 Å². The van der Waals surface area contributed by atoms with Crippen LogP contribution in [0, 0.1) is 11.7 Å². The molecule has 0 aromatic heterocycles. The molecule has 3 unspecified atom stereocenters. The highest BCUT2D eigenvalue weighted by Gasteiger charge is 2.48. The lowest BCUT2D eigenvalue weighted by molar-refractivity contribution is -0.123. The second kappa shape index (κ2) is 4.35. The van der Waals surface area contributed by atoms with Crippen molar-refractivity contribution in [3.8, 4) is 0 Å². The second-order valence-electron chi connectivity index (χ2n) is 5.41. The number of rotatable bonds is 0. The molecule has 1 fully saturated rings. The zero-order valence-corrected chi connectivity index (χ0v) is 11.6. The number of aliphatic imine (C=N–C) groups is 1. The Morgan fingerprint density at radius 2 is 2.19 bits per heavy atom. The predicted molar refractivity (Wildman–Crippen MR) is 75.2 cm³/mol. The topological polar surface area (TPSA) is 61.8 Å². The van der Waals surface area contributed by atoms with E-state index in [0.29, 0.717) is 18.7 Å². The molecule has 0 spiro atoms. The molecule has 3 atom stereocenters. The fourth-order valence-corrected chi connectivity index (χ4v) is 3.39. The Kier molecular flexibility index (Phi) is 2.68. The molecule has 4 rings (SSSR count). The molecule has 7 heteroatoms. The molecule has 1 aromatic rings. The van der Waals surface area contributed by atoms with Gasteiger partial charge in [0.2, 0.25) is 11.7 Å². The number of alkyl halides is 1. The number of hydrogen-bond acceptors (Lipinski definition) is 4. The van der Waals surface area contributed by atoms with Gasteiger partial charge in [-0.15, -0.1) is 11.6 Å². The van der Waals surface area contributed by atoms with Gasteiger partial charge in [-0.2, -0.15) is 0 Å². The molecule has 0 aliphatic carbocycles. The average Bonchev–Trinajstić information content (AvgIpc) is 2.73. The van der Waals surface area contributed by atoms with Crippen molar-refractivity contribution < 1.29 is 14.0 Å². The summed E-state index contributed by atoms with van der Waals surface area (Å²) in [6, 6.07) is 3.82. The summed E-state index contributed by atoms with van der Waals surface area (Å²) in [6.45, 7) is 0.544. The third-order valence-electron chi connectivity index (χ3n) is 4.10.